The molecule has 0 radical (unpaired) electrons. The Morgan fingerprint density at radius 2 is 2.29 bits per heavy atom. The highest BCUT2D eigenvalue weighted by Crippen LogP contribution is 2.31. The number of amides is 3. The van der Waals surface area contributed by atoms with Crippen molar-refractivity contribution in [2.45, 2.75) is 18.4 Å². The third-order valence-electron chi connectivity index (χ3n) is 4.53. The number of anilines is 1. The van der Waals surface area contributed by atoms with Crippen LogP contribution in [0.25, 0.3) is 5.65 Å². The number of piperidine rings is 1. The van der Waals surface area contributed by atoms with E-state index in [4.69, 9.17) is 4.74 Å². The summed E-state index contributed by atoms with van der Waals surface area (Å²) in [4.78, 5) is 27.6. The minimum Gasteiger partial charge on any atom is -0.439 e. The summed E-state index contributed by atoms with van der Waals surface area (Å²) in [5.41, 5.74) is 0.590. The molecule has 0 saturated carbocycles. The van der Waals surface area contributed by atoms with Gasteiger partial charge in [-0.25, -0.2) is 9.59 Å². The molecule has 2 aliphatic heterocycles. The molecule has 2 aliphatic rings. The molecule has 0 bridgehead atoms. The molecule has 1 atom stereocenters. The molecule has 24 heavy (non-hydrogen) atoms. The van der Waals surface area contributed by atoms with Crippen LogP contribution in [0, 0.1) is 0 Å². The standard InChI is InChI=1S/C15H18N6O3/c1-19-8-15(24-14(19)23)5-3-7-20(9-15)13(22)17-11-4-2-6-21-10-16-18-12(11)21/h2,4,6,10H,3,5,7-9H2,1H3,(H,17,22)/t15-/m0/s1. The average Bonchev–Trinajstić information content (AvgIpc) is 3.13. The molecule has 4 rings (SSSR count). The number of likely N-dealkylation sites (N-methyl/N-ethyl adjacent to an activating group) is 1. The second kappa shape index (κ2) is 5.36. The van der Waals surface area contributed by atoms with Gasteiger partial charge in [-0.3, -0.25) is 4.40 Å². The molecule has 9 heteroatoms. The highest BCUT2D eigenvalue weighted by molar-refractivity contribution is 5.93. The normalized spacial score (nSPS) is 23.8. The predicted molar refractivity (Wildman–Crippen MR) is 84.7 cm³/mol. The van der Waals surface area contributed by atoms with Crippen LogP contribution in [-0.4, -0.2) is 68.8 Å². The van der Waals surface area contributed by atoms with Gasteiger partial charge >= 0.3 is 12.1 Å². The fraction of sp³-hybridized carbons (Fsp3) is 0.467. The van der Waals surface area contributed by atoms with Gasteiger partial charge < -0.3 is 19.9 Å². The summed E-state index contributed by atoms with van der Waals surface area (Å²) in [6.45, 7) is 1.53. The van der Waals surface area contributed by atoms with Crippen LogP contribution in [-0.2, 0) is 4.74 Å². The molecule has 1 N–H and O–H groups in total. The monoisotopic (exact) mass is 330 g/mol. The number of nitrogens with one attached hydrogen (secondary N) is 1. The number of nitrogens with zero attached hydrogens (tertiary/aromatic N) is 5. The van der Waals surface area contributed by atoms with E-state index in [9.17, 15) is 9.59 Å². The molecule has 126 valence electrons. The maximum atomic E-state index is 12.6. The van der Waals surface area contributed by atoms with Gasteiger partial charge in [-0.05, 0) is 25.0 Å². The van der Waals surface area contributed by atoms with Gasteiger partial charge in [0.2, 0.25) is 0 Å². The lowest BCUT2D eigenvalue weighted by atomic mass is 9.93. The van der Waals surface area contributed by atoms with Crippen molar-refractivity contribution in [2.24, 2.45) is 0 Å². The number of rotatable bonds is 1. The fourth-order valence-corrected chi connectivity index (χ4v) is 3.42. The highest BCUT2D eigenvalue weighted by atomic mass is 16.6. The summed E-state index contributed by atoms with van der Waals surface area (Å²) in [6.07, 6.45) is 4.63. The molecule has 0 aromatic carbocycles. The molecule has 2 saturated heterocycles. The third kappa shape index (κ3) is 2.41. The maximum Gasteiger partial charge on any atom is 0.410 e. The number of likely N-dealkylation sites (tertiary alicyclic amines) is 1. The average molecular weight is 330 g/mol. The Balaban J connectivity index is 1.50. The molecule has 0 aliphatic carbocycles. The van der Waals surface area contributed by atoms with Crippen molar-refractivity contribution >= 4 is 23.5 Å². The molecular formula is C15H18N6O3. The van der Waals surface area contributed by atoms with Crippen molar-refractivity contribution in [1.82, 2.24) is 24.4 Å². The van der Waals surface area contributed by atoms with Crippen LogP contribution < -0.4 is 5.32 Å². The first-order chi connectivity index (χ1) is 11.6. The Morgan fingerprint density at radius 3 is 3.08 bits per heavy atom. The SMILES string of the molecule is CN1C[C@]2(CCCN(C(=O)Nc3cccn4cnnc34)C2)OC1=O. The summed E-state index contributed by atoms with van der Waals surface area (Å²) >= 11 is 0. The first kappa shape index (κ1) is 14.7. The highest BCUT2D eigenvalue weighted by Gasteiger charge is 2.47. The Hall–Kier alpha value is -2.84. The number of ether oxygens (including phenoxy) is 1. The number of hydrogen-bond acceptors (Lipinski definition) is 5. The van der Waals surface area contributed by atoms with Gasteiger partial charge in [-0.1, -0.05) is 0 Å². The Bertz CT molecular complexity index is 805. The van der Waals surface area contributed by atoms with E-state index < -0.39 is 5.60 Å². The summed E-state index contributed by atoms with van der Waals surface area (Å²) in [5.74, 6) is 0. The number of aromatic nitrogens is 3. The van der Waals surface area contributed by atoms with E-state index in [2.05, 4.69) is 15.5 Å². The summed E-state index contributed by atoms with van der Waals surface area (Å²) < 4.78 is 7.27. The molecule has 4 heterocycles. The zero-order valence-electron chi connectivity index (χ0n) is 13.3. The van der Waals surface area contributed by atoms with Crippen molar-refractivity contribution in [2.75, 3.05) is 32.0 Å². The van der Waals surface area contributed by atoms with Crippen LogP contribution in [0.4, 0.5) is 15.3 Å². The molecule has 1 spiro atoms. The third-order valence-corrected chi connectivity index (χ3v) is 4.53. The number of carbonyl (C=O) groups excluding carboxylic acids is 2. The Morgan fingerprint density at radius 1 is 1.42 bits per heavy atom. The van der Waals surface area contributed by atoms with Gasteiger partial charge in [0.15, 0.2) is 5.65 Å². The van der Waals surface area contributed by atoms with Crippen LogP contribution in [0.1, 0.15) is 12.8 Å². The van der Waals surface area contributed by atoms with Gasteiger partial charge in [0.05, 0.1) is 18.8 Å². The molecule has 9 nitrogen and oxygen atoms in total. The molecule has 2 aromatic heterocycles. The molecule has 2 fully saturated rings. The van der Waals surface area contributed by atoms with Gasteiger partial charge in [0.1, 0.15) is 11.9 Å². The van der Waals surface area contributed by atoms with Crippen molar-refractivity contribution in [3.63, 3.8) is 0 Å². The Labute approximate surface area is 138 Å². The number of carbonyl (C=O) groups is 2. The number of fused-ring (bicyclic) bond motifs is 1. The van der Waals surface area contributed by atoms with E-state index >= 15 is 0 Å². The predicted octanol–water partition coefficient (Wildman–Crippen LogP) is 1.18. The van der Waals surface area contributed by atoms with Crippen LogP contribution in [0.15, 0.2) is 24.7 Å². The summed E-state index contributed by atoms with van der Waals surface area (Å²) in [7, 11) is 1.71. The molecule has 2 aromatic rings. The second-order valence-corrected chi connectivity index (χ2v) is 6.35. The van der Waals surface area contributed by atoms with Crippen LogP contribution in [0.5, 0.6) is 0 Å². The van der Waals surface area contributed by atoms with Crippen molar-refractivity contribution in [1.29, 1.82) is 0 Å². The number of urea groups is 1. The quantitative estimate of drug-likeness (QED) is 0.847. The van der Waals surface area contributed by atoms with Crippen molar-refractivity contribution in [3.8, 4) is 0 Å². The van der Waals surface area contributed by atoms with E-state index in [1.165, 1.54) is 0 Å². The minimum absolute atomic E-state index is 0.226. The van der Waals surface area contributed by atoms with Gasteiger partial charge in [0.25, 0.3) is 0 Å². The summed E-state index contributed by atoms with van der Waals surface area (Å²) in [5, 5.41) is 10.7. The zero-order valence-corrected chi connectivity index (χ0v) is 13.3. The van der Waals surface area contributed by atoms with Gasteiger partial charge in [-0.15, -0.1) is 10.2 Å². The lowest BCUT2D eigenvalue weighted by molar-refractivity contribution is 0.00497. The molecule has 3 amide bonds. The number of pyridine rings is 1. The van der Waals surface area contributed by atoms with E-state index in [1.54, 1.807) is 33.6 Å². The van der Waals surface area contributed by atoms with E-state index in [-0.39, 0.29) is 12.1 Å². The fourth-order valence-electron chi connectivity index (χ4n) is 3.42. The molecular weight excluding hydrogens is 312 g/mol. The molecule has 0 unspecified atom stereocenters. The van der Waals surface area contributed by atoms with Crippen LogP contribution >= 0.6 is 0 Å². The van der Waals surface area contributed by atoms with Gasteiger partial charge in [-0.2, -0.15) is 0 Å². The lowest BCUT2D eigenvalue weighted by Gasteiger charge is -2.38. The zero-order chi connectivity index (χ0) is 16.7. The Kier molecular flexibility index (Phi) is 3.29. The van der Waals surface area contributed by atoms with Crippen molar-refractivity contribution in [3.05, 3.63) is 24.7 Å². The van der Waals surface area contributed by atoms with Gasteiger partial charge in [0, 0.05) is 19.8 Å². The number of hydrogen-bond donors (Lipinski definition) is 1. The first-order valence-corrected chi connectivity index (χ1v) is 7.85. The maximum absolute atomic E-state index is 12.6. The van der Waals surface area contributed by atoms with Crippen LogP contribution in [0.2, 0.25) is 0 Å². The topological polar surface area (TPSA) is 92.1 Å². The van der Waals surface area contributed by atoms with Crippen molar-refractivity contribution < 1.29 is 14.3 Å². The smallest absolute Gasteiger partial charge is 0.410 e. The summed E-state index contributed by atoms with van der Waals surface area (Å²) in [6, 6.07) is 3.37. The largest absolute Gasteiger partial charge is 0.439 e. The van der Waals surface area contributed by atoms with E-state index in [0.29, 0.717) is 31.0 Å². The van der Waals surface area contributed by atoms with E-state index in [1.807, 2.05) is 12.3 Å². The first-order valence-electron chi connectivity index (χ1n) is 7.85. The van der Waals surface area contributed by atoms with E-state index in [0.717, 1.165) is 12.8 Å². The van der Waals surface area contributed by atoms with Crippen LogP contribution in [0.3, 0.4) is 0 Å². The minimum atomic E-state index is -0.595. The second-order valence-electron chi connectivity index (χ2n) is 6.35. The lowest BCUT2D eigenvalue weighted by Crippen LogP contribution is -2.53.